The van der Waals surface area contributed by atoms with Gasteiger partial charge in [0.05, 0.1) is 13.2 Å². The average molecular weight is 568 g/mol. The number of benzene rings is 2. The van der Waals surface area contributed by atoms with E-state index in [2.05, 4.69) is 6.92 Å². The first kappa shape index (κ1) is 32.0. The molecule has 0 N–H and O–H groups in total. The maximum Gasteiger partial charge on any atom is 0.347 e. The van der Waals surface area contributed by atoms with Crippen molar-refractivity contribution >= 4 is 17.8 Å². The molecule has 0 bridgehead atoms. The molecule has 224 valence electrons. The zero-order chi connectivity index (χ0) is 29.5. The number of likely N-dealkylation sites (tertiary alicyclic amines) is 1. The van der Waals surface area contributed by atoms with E-state index in [1.165, 1.54) is 44.9 Å². The Hall–Kier alpha value is -3.55. The van der Waals surface area contributed by atoms with Gasteiger partial charge in [0.25, 0.3) is 5.91 Å². The van der Waals surface area contributed by atoms with Gasteiger partial charge in [0.15, 0.2) is 6.10 Å². The van der Waals surface area contributed by atoms with E-state index in [9.17, 15) is 14.4 Å². The van der Waals surface area contributed by atoms with Crippen LogP contribution in [0.4, 0.5) is 0 Å². The van der Waals surface area contributed by atoms with Crippen molar-refractivity contribution in [2.75, 3.05) is 19.8 Å². The highest BCUT2D eigenvalue weighted by molar-refractivity contribution is 5.97. The summed E-state index contributed by atoms with van der Waals surface area (Å²) in [5.74, 6) is 0.406. The molecule has 3 rings (SSSR count). The summed E-state index contributed by atoms with van der Waals surface area (Å²) in [5.41, 5.74) is 0.515. The number of carbonyl (C=O) groups is 3. The largest absolute Gasteiger partial charge is 0.494 e. The lowest BCUT2D eigenvalue weighted by Crippen LogP contribution is -2.42. The summed E-state index contributed by atoms with van der Waals surface area (Å²) in [5, 5.41) is 0. The Kier molecular flexibility index (Phi) is 13.5. The summed E-state index contributed by atoms with van der Waals surface area (Å²) in [6, 6.07) is 12.9. The smallest absolute Gasteiger partial charge is 0.347 e. The van der Waals surface area contributed by atoms with Crippen molar-refractivity contribution in [2.24, 2.45) is 0 Å². The van der Waals surface area contributed by atoms with Gasteiger partial charge in [-0.3, -0.25) is 4.79 Å². The third kappa shape index (κ3) is 10.4. The molecule has 8 nitrogen and oxygen atoms in total. The van der Waals surface area contributed by atoms with Crippen molar-refractivity contribution in [3.63, 3.8) is 0 Å². The number of hydrogen-bond donors (Lipinski definition) is 0. The Labute approximate surface area is 244 Å². The molecule has 0 radical (unpaired) electrons. The summed E-state index contributed by atoms with van der Waals surface area (Å²) >= 11 is 0. The van der Waals surface area contributed by atoms with Crippen LogP contribution in [0.3, 0.4) is 0 Å². The molecule has 0 aliphatic carbocycles. The standard InChI is InChI=1S/C33H45NO7/c1-4-6-7-8-9-10-11-12-24-39-27-17-15-26(16-18-27)31(35)34-23-13-14-30(34)33(37)41-29-21-19-28(20-22-29)40-25(3)32(36)38-5-2/h15-22,25,30H,4-14,23-24H2,1-3H3/t25-,30?/m0/s1. The number of ether oxygens (including phenoxy) is 4. The number of esters is 2. The number of carbonyl (C=O) groups excluding carboxylic acids is 3. The number of hydrogen-bond acceptors (Lipinski definition) is 7. The van der Waals surface area contributed by atoms with Crippen LogP contribution in [0.15, 0.2) is 48.5 Å². The van der Waals surface area contributed by atoms with E-state index in [0.717, 1.165) is 18.6 Å². The first-order valence-electron chi connectivity index (χ1n) is 15.1. The van der Waals surface area contributed by atoms with Gasteiger partial charge in [-0.05, 0) is 81.6 Å². The SMILES string of the molecule is CCCCCCCCCCOc1ccc(C(=O)N2CCCC2C(=O)Oc2ccc(O[C@@H](C)C(=O)OCC)cc2)cc1. The quantitative estimate of drug-likeness (QED) is 0.119. The van der Waals surface area contributed by atoms with E-state index < -0.39 is 24.1 Å². The molecular weight excluding hydrogens is 522 g/mol. The van der Waals surface area contributed by atoms with Crippen LogP contribution in [0.2, 0.25) is 0 Å². The number of amides is 1. The maximum absolute atomic E-state index is 13.2. The molecule has 1 saturated heterocycles. The summed E-state index contributed by atoms with van der Waals surface area (Å²) in [7, 11) is 0. The normalized spacial score (nSPS) is 15.3. The molecule has 1 heterocycles. The van der Waals surface area contributed by atoms with Gasteiger partial charge >= 0.3 is 11.9 Å². The molecule has 1 unspecified atom stereocenters. The van der Waals surface area contributed by atoms with Gasteiger partial charge in [-0.25, -0.2) is 9.59 Å². The highest BCUT2D eigenvalue weighted by Gasteiger charge is 2.36. The minimum Gasteiger partial charge on any atom is -0.494 e. The fraction of sp³-hybridized carbons (Fsp3) is 0.545. The van der Waals surface area contributed by atoms with Gasteiger partial charge in [0.1, 0.15) is 23.3 Å². The first-order chi connectivity index (χ1) is 19.9. The van der Waals surface area contributed by atoms with Gasteiger partial charge in [-0.1, -0.05) is 51.9 Å². The zero-order valence-electron chi connectivity index (χ0n) is 24.8. The lowest BCUT2D eigenvalue weighted by atomic mass is 10.1. The van der Waals surface area contributed by atoms with E-state index in [-0.39, 0.29) is 12.5 Å². The predicted octanol–water partition coefficient (Wildman–Crippen LogP) is 6.75. The number of unbranched alkanes of at least 4 members (excludes halogenated alkanes) is 7. The van der Waals surface area contributed by atoms with Gasteiger partial charge in [0, 0.05) is 12.1 Å². The fourth-order valence-corrected chi connectivity index (χ4v) is 4.82. The average Bonchev–Trinajstić information content (AvgIpc) is 3.48. The van der Waals surface area contributed by atoms with Crippen LogP contribution in [0.5, 0.6) is 17.2 Å². The van der Waals surface area contributed by atoms with Crippen molar-refractivity contribution in [1.82, 2.24) is 4.90 Å². The predicted molar refractivity (Wildman–Crippen MR) is 157 cm³/mol. The van der Waals surface area contributed by atoms with Crippen LogP contribution in [-0.2, 0) is 14.3 Å². The molecule has 8 heteroatoms. The van der Waals surface area contributed by atoms with E-state index in [1.54, 1.807) is 55.1 Å². The minimum absolute atomic E-state index is 0.198. The van der Waals surface area contributed by atoms with Gasteiger partial charge in [0.2, 0.25) is 0 Å². The van der Waals surface area contributed by atoms with Crippen LogP contribution < -0.4 is 14.2 Å². The van der Waals surface area contributed by atoms with E-state index in [4.69, 9.17) is 18.9 Å². The molecule has 41 heavy (non-hydrogen) atoms. The molecule has 0 aromatic heterocycles. The highest BCUT2D eigenvalue weighted by atomic mass is 16.6. The lowest BCUT2D eigenvalue weighted by molar-refractivity contribution is -0.150. The second-order valence-electron chi connectivity index (χ2n) is 10.4. The summed E-state index contributed by atoms with van der Waals surface area (Å²) in [6.45, 7) is 7.01. The molecule has 1 aliphatic heterocycles. The fourth-order valence-electron chi connectivity index (χ4n) is 4.82. The number of rotatable bonds is 17. The van der Waals surface area contributed by atoms with Crippen LogP contribution in [0, 0.1) is 0 Å². The molecule has 0 saturated carbocycles. The van der Waals surface area contributed by atoms with Crippen molar-refractivity contribution in [2.45, 2.75) is 97.1 Å². The molecule has 1 fully saturated rings. The summed E-state index contributed by atoms with van der Waals surface area (Å²) in [6.07, 6.45) is 10.5. The Morgan fingerprint density at radius 3 is 2.10 bits per heavy atom. The van der Waals surface area contributed by atoms with Crippen molar-refractivity contribution in [1.29, 1.82) is 0 Å². The molecule has 0 spiro atoms. The molecule has 1 amide bonds. The Morgan fingerprint density at radius 2 is 1.44 bits per heavy atom. The molecule has 2 aromatic rings. The number of nitrogens with zero attached hydrogens (tertiary/aromatic N) is 1. The Morgan fingerprint density at radius 1 is 0.829 bits per heavy atom. The van der Waals surface area contributed by atoms with E-state index in [0.29, 0.717) is 36.6 Å². The Balaban J connectivity index is 1.44. The van der Waals surface area contributed by atoms with Crippen LogP contribution in [0.1, 0.15) is 95.3 Å². The van der Waals surface area contributed by atoms with Crippen LogP contribution in [-0.4, -0.2) is 54.7 Å². The van der Waals surface area contributed by atoms with Crippen LogP contribution >= 0.6 is 0 Å². The zero-order valence-corrected chi connectivity index (χ0v) is 24.8. The van der Waals surface area contributed by atoms with Gasteiger partial charge < -0.3 is 23.8 Å². The molecule has 2 atom stereocenters. The summed E-state index contributed by atoms with van der Waals surface area (Å²) < 4.78 is 21.9. The van der Waals surface area contributed by atoms with Gasteiger partial charge in [-0.15, -0.1) is 0 Å². The topological polar surface area (TPSA) is 91.4 Å². The summed E-state index contributed by atoms with van der Waals surface area (Å²) in [4.78, 5) is 39.5. The lowest BCUT2D eigenvalue weighted by Gasteiger charge is -2.23. The molecule has 1 aliphatic rings. The van der Waals surface area contributed by atoms with Crippen molar-refractivity contribution in [3.05, 3.63) is 54.1 Å². The third-order valence-corrected chi connectivity index (χ3v) is 7.13. The second kappa shape index (κ2) is 17.3. The second-order valence-corrected chi connectivity index (χ2v) is 10.4. The third-order valence-electron chi connectivity index (χ3n) is 7.13. The van der Waals surface area contributed by atoms with Crippen molar-refractivity contribution < 1.29 is 33.3 Å². The maximum atomic E-state index is 13.2. The van der Waals surface area contributed by atoms with Gasteiger partial charge in [-0.2, -0.15) is 0 Å². The first-order valence-corrected chi connectivity index (χ1v) is 15.1. The van der Waals surface area contributed by atoms with Crippen LogP contribution in [0.25, 0.3) is 0 Å². The van der Waals surface area contributed by atoms with Crippen molar-refractivity contribution in [3.8, 4) is 17.2 Å². The molecule has 2 aromatic carbocycles. The minimum atomic E-state index is -0.753. The monoisotopic (exact) mass is 567 g/mol. The highest BCUT2D eigenvalue weighted by Crippen LogP contribution is 2.25. The molecular formula is C33H45NO7. The van der Waals surface area contributed by atoms with E-state index >= 15 is 0 Å². The Bertz CT molecular complexity index is 1080. The van der Waals surface area contributed by atoms with E-state index in [1.807, 2.05) is 12.1 Å².